The van der Waals surface area contributed by atoms with Crippen LogP contribution in [0.1, 0.15) is 25.0 Å². The van der Waals surface area contributed by atoms with Crippen LogP contribution in [0.25, 0.3) is 48.7 Å². The fraction of sp³-hybridized carbons (Fsp3) is 0.233. The first-order valence-corrected chi connectivity index (χ1v) is 12.1. The van der Waals surface area contributed by atoms with Gasteiger partial charge in [0.25, 0.3) is 0 Å². The molecule has 1 aliphatic carbocycles. The normalized spacial score (nSPS) is 12.5. The van der Waals surface area contributed by atoms with Crippen molar-refractivity contribution in [2.45, 2.75) is 20.3 Å². The minimum absolute atomic E-state index is 0. The summed E-state index contributed by atoms with van der Waals surface area (Å²) in [6.07, 6.45) is 0.112. The van der Waals surface area contributed by atoms with E-state index in [9.17, 15) is 24.6 Å². The summed E-state index contributed by atoms with van der Waals surface area (Å²) in [6, 6.07) is 2.40. The largest absolute Gasteiger partial charge is 0.869 e. The van der Waals surface area contributed by atoms with E-state index in [1.54, 1.807) is 6.92 Å². The fourth-order valence-electron chi connectivity index (χ4n) is 6.41. The van der Waals surface area contributed by atoms with Crippen LogP contribution in [0, 0.1) is 0 Å². The number of ether oxygens (including phenoxy) is 4. The summed E-state index contributed by atoms with van der Waals surface area (Å²) in [4.78, 5) is 40.0. The van der Waals surface area contributed by atoms with Gasteiger partial charge >= 0.3 is 0 Å². The van der Waals surface area contributed by atoms with E-state index >= 15 is 0 Å². The van der Waals surface area contributed by atoms with Gasteiger partial charge in [-0.15, -0.1) is 0 Å². The van der Waals surface area contributed by atoms with Gasteiger partial charge in [-0.3, -0.25) is 14.4 Å². The molecule has 5 aromatic carbocycles. The number of hydrogen-bond acceptors (Lipinski definition) is 9. The quantitative estimate of drug-likeness (QED) is 0.159. The average Bonchev–Trinajstić information content (AvgIpc) is 3.02. The molecule has 0 saturated heterocycles. The maximum atomic E-state index is 13.9. The van der Waals surface area contributed by atoms with Crippen molar-refractivity contribution in [2.75, 3.05) is 28.4 Å². The molecule has 0 saturated carbocycles. The predicted octanol–water partition coefficient (Wildman–Crippen LogP) is 2.99. The molecule has 6 rings (SSSR count). The number of allylic oxidation sites excluding steroid dienone is 2. The van der Waals surface area contributed by atoms with Crippen molar-refractivity contribution < 1.29 is 72.9 Å². The van der Waals surface area contributed by atoms with Crippen molar-refractivity contribution in [1.82, 2.24) is 0 Å². The Balaban J connectivity index is 0.00000194. The van der Waals surface area contributed by atoms with Gasteiger partial charge in [-0.05, 0) is 25.7 Å². The summed E-state index contributed by atoms with van der Waals surface area (Å²) in [6.45, 7) is 3.11. The molecule has 0 fully saturated rings. The molecule has 0 heterocycles. The molecule has 41 heavy (non-hydrogen) atoms. The van der Waals surface area contributed by atoms with Gasteiger partial charge in [-0.2, -0.15) is 0 Å². The van der Waals surface area contributed by atoms with Gasteiger partial charge in [0.1, 0.15) is 23.0 Å². The van der Waals surface area contributed by atoms with Crippen LogP contribution in [0.5, 0.6) is 34.5 Å². The predicted molar refractivity (Wildman–Crippen MR) is 143 cm³/mol. The molecule has 0 aliphatic heterocycles. The molecule has 0 aromatic heterocycles. The number of rotatable bonds is 5. The zero-order chi connectivity index (χ0) is 28.1. The Hall–Kier alpha value is -3.54. The summed E-state index contributed by atoms with van der Waals surface area (Å²) < 4.78 is 22.4. The average molecular weight is 657 g/mol. The first-order valence-electron chi connectivity index (χ1n) is 12.1. The molecule has 11 heteroatoms. The minimum Gasteiger partial charge on any atom is -0.869 e. The van der Waals surface area contributed by atoms with Gasteiger partial charge < -0.3 is 29.2 Å². The van der Waals surface area contributed by atoms with Crippen LogP contribution >= 0.6 is 0 Å². The summed E-state index contributed by atoms with van der Waals surface area (Å²) in [5.41, 5.74) is 0.258. The third-order valence-corrected chi connectivity index (χ3v) is 7.75. The summed E-state index contributed by atoms with van der Waals surface area (Å²) in [7, 11) is 5.40. The summed E-state index contributed by atoms with van der Waals surface area (Å²) in [5.74, 6) is -1.56. The van der Waals surface area contributed by atoms with Gasteiger partial charge in [0.15, 0.2) is 16.6 Å². The second kappa shape index (κ2) is 10.4. The van der Waals surface area contributed by atoms with E-state index in [1.165, 1.54) is 47.5 Å². The Morgan fingerprint density at radius 1 is 0.683 bits per heavy atom. The van der Waals surface area contributed by atoms with E-state index < -0.39 is 22.4 Å². The van der Waals surface area contributed by atoms with Crippen molar-refractivity contribution >= 4 is 54.4 Å². The molecule has 0 amide bonds. The summed E-state index contributed by atoms with van der Waals surface area (Å²) >= 11 is 0. The number of fused-ring (bicyclic) bond motifs is 1. The second-order valence-corrected chi connectivity index (χ2v) is 9.62. The molecule has 9 nitrogen and oxygen atoms in total. The smallest absolute Gasteiger partial charge is 0.189 e. The van der Waals surface area contributed by atoms with E-state index in [0.29, 0.717) is 32.7 Å². The summed E-state index contributed by atoms with van der Waals surface area (Å²) in [5, 5.41) is 29.3. The topological polar surface area (TPSA) is 134 Å². The third kappa shape index (κ3) is 3.68. The molecule has 0 spiro atoms. The monoisotopic (exact) mass is 654 g/mol. The first-order chi connectivity index (χ1) is 18.6. The zero-order valence-electron chi connectivity index (χ0n) is 23.5. The second-order valence-electron chi connectivity index (χ2n) is 9.62. The fourth-order valence-corrected chi connectivity index (χ4v) is 6.41. The Morgan fingerprint density at radius 3 is 1.59 bits per heavy atom. The molecule has 0 atom stereocenters. The molecule has 5 aromatic rings. The number of methoxy groups -OCH3 is 4. The molecular formula is C30H22O9Zn2-2. The van der Waals surface area contributed by atoms with Crippen molar-refractivity contribution in [3.05, 3.63) is 49.3 Å². The van der Waals surface area contributed by atoms with Crippen molar-refractivity contribution in [2.24, 2.45) is 0 Å². The van der Waals surface area contributed by atoms with E-state index in [-0.39, 0.29) is 107 Å². The van der Waals surface area contributed by atoms with Gasteiger partial charge in [-0.25, -0.2) is 0 Å². The van der Waals surface area contributed by atoms with E-state index in [4.69, 9.17) is 18.9 Å². The van der Waals surface area contributed by atoms with Gasteiger partial charge in [-0.1, -0.05) is 17.1 Å². The standard InChI is InChI=1S/C30H24O9.2Zn/c1-10-7-12-18-23-19(27(34)29(12)38-5)13(32)8-15(36-3)21(23)22-16(37-4)9-14(33)20-25(22)24(18)26(17(10)11(2)31)30(39-6)28(20)35;;/h8-9,34-35H,7H2,1-6H3;;/p-2. The number of carbonyl (C=O) groups is 1. The maximum absolute atomic E-state index is 13.9. The Bertz CT molecular complexity index is 2080. The van der Waals surface area contributed by atoms with Crippen molar-refractivity contribution in [3.63, 3.8) is 0 Å². The van der Waals surface area contributed by atoms with Crippen LogP contribution in [0.15, 0.2) is 27.3 Å². The zero-order valence-corrected chi connectivity index (χ0v) is 29.4. The number of carbonyl (C=O) groups excluding carboxylic acids is 1. The molecule has 202 valence electrons. The van der Waals surface area contributed by atoms with Crippen LogP contribution in [-0.4, -0.2) is 34.2 Å². The van der Waals surface area contributed by atoms with Crippen LogP contribution in [0.2, 0.25) is 0 Å². The Labute approximate surface area is 258 Å². The molecular weight excluding hydrogens is 635 g/mol. The van der Waals surface area contributed by atoms with Crippen LogP contribution in [0.4, 0.5) is 0 Å². The Kier molecular flexibility index (Phi) is 7.70. The van der Waals surface area contributed by atoms with Crippen LogP contribution in [0.3, 0.4) is 0 Å². The van der Waals surface area contributed by atoms with E-state index in [0.717, 1.165) is 0 Å². The molecule has 0 unspecified atom stereocenters. The number of hydrogen-bond donors (Lipinski definition) is 0. The third-order valence-electron chi connectivity index (χ3n) is 7.75. The SMILES string of the molecule is COc1c([O-])c2c(=O)cc(OC)c3c4c(OC)cc(=O)c5c([O-])c(OC)c6c(c(c1CC(C)=C6C(C)=O)c23)c54.[Zn].[Zn]. The first kappa shape index (κ1) is 30.4. The van der Waals surface area contributed by atoms with Gasteiger partial charge in [0.05, 0.1) is 28.4 Å². The molecule has 0 radical (unpaired) electrons. The Morgan fingerprint density at radius 2 is 1.15 bits per heavy atom. The van der Waals surface area contributed by atoms with Crippen LogP contribution < -0.4 is 40.0 Å². The van der Waals surface area contributed by atoms with Gasteiger partial charge in [0, 0.05) is 105 Å². The van der Waals surface area contributed by atoms with Crippen molar-refractivity contribution in [3.8, 4) is 34.5 Å². The number of ketones is 1. The van der Waals surface area contributed by atoms with E-state index in [2.05, 4.69) is 0 Å². The van der Waals surface area contributed by atoms with E-state index in [1.807, 2.05) is 0 Å². The van der Waals surface area contributed by atoms with Gasteiger partial charge in [0.2, 0.25) is 0 Å². The molecule has 0 bridgehead atoms. The maximum Gasteiger partial charge on any atom is 0.189 e. The number of Topliss-reactive ketones (excluding diaryl/α,β-unsaturated/α-hetero) is 1. The minimum atomic E-state index is -0.679. The molecule has 0 N–H and O–H groups in total. The van der Waals surface area contributed by atoms with Crippen molar-refractivity contribution in [1.29, 1.82) is 0 Å². The molecule has 1 aliphatic rings. The number of benzene rings is 5. The van der Waals surface area contributed by atoms with Crippen LogP contribution in [-0.2, 0) is 50.2 Å².